The number of aryl methyl sites for hydroxylation is 2. The molecule has 144 valence electrons. The minimum absolute atomic E-state index is 0.0499. The normalized spacial score (nSPS) is 10.6. The lowest BCUT2D eigenvalue weighted by molar-refractivity contribution is -0.117. The van der Waals surface area contributed by atoms with E-state index in [4.69, 9.17) is 11.6 Å². The molecule has 0 atom stereocenters. The van der Waals surface area contributed by atoms with Crippen LogP contribution in [0.4, 0.5) is 11.4 Å². The van der Waals surface area contributed by atoms with Crippen LogP contribution in [0.1, 0.15) is 27.3 Å². The first-order valence-electron chi connectivity index (χ1n) is 8.68. The first kappa shape index (κ1) is 19.6. The summed E-state index contributed by atoms with van der Waals surface area (Å²) in [6.45, 7) is 5.46. The van der Waals surface area contributed by atoms with Crippen molar-refractivity contribution in [3.63, 3.8) is 0 Å². The van der Waals surface area contributed by atoms with Gasteiger partial charge in [-0.05, 0) is 50.1 Å². The van der Waals surface area contributed by atoms with E-state index in [2.05, 4.69) is 20.9 Å². The van der Waals surface area contributed by atoms with Gasteiger partial charge in [0.25, 0.3) is 5.91 Å². The van der Waals surface area contributed by atoms with Gasteiger partial charge < -0.3 is 10.6 Å². The van der Waals surface area contributed by atoms with Gasteiger partial charge in [0.1, 0.15) is 6.54 Å². The third-order valence-corrected chi connectivity index (χ3v) is 4.60. The zero-order chi connectivity index (χ0) is 20.3. The zero-order valence-corrected chi connectivity index (χ0v) is 16.5. The summed E-state index contributed by atoms with van der Waals surface area (Å²) in [5, 5.41) is 13.8. The van der Waals surface area contributed by atoms with Gasteiger partial charge in [-0.1, -0.05) is 41.1 Å². The van der Waals surface area contributed by atoms with Gasteiger partial charge in [-0.2, -0.15) is 0 Å². The molecule has 28 heavy (non-hydrogen) atoms. The molecule has 0 aliphatic carbocycles. The Morgan fingerprint density at radius 1 is 1.04 bits per heavy atom. The monoisotopic (exact) mass is 397 g/mol. The van der Waals surface area contributed by atoms with E-state index in [0.717, 1.165) is 16.8 Å². The van der Waals surface area contributed by atoms with E-state index in [1.54, 1.807) is 19.1 Å². The number of carbonyl (C=O) groups is 2. The minimum Gasteiger partial charge on any atom is -0.324 e. The van der Waals surface area contributed by atoms with Crippen molar-refractivity contribution in [3.05, 3.63) is 70.0 Å². The number of anilines is 2. The van der Waals surface area contributed by atoms with E-state index in [1.165, 1.54) is 4.68 Å². The molecule has 0 saturated heterocycles. The van der Waals surface area contributed by atoms with Gasteiger partial charge in [0.2, 0.25) is 5.91 Å². The van der Waals surface area contributed by atoms with Crippen LogP contribution in [0.2, 0.25) is 5.02 Å². The summed E-state index contributed by atoms with van der Waals surface area (Å²) in [4.78, 5) is 24.8. The molecule has 0 unspecified atom stereocenters. The van der Waals surface area contributed by atoms with Crippen LogP contribution in [-0.2, 0) is 11.3 Å². The molecular formula is C20H20ClN5O2. The lowest BCUT2D eigenvalue weighted by atomic mass is 10.2. The molecule has 3 rings (SSSR count). The van der Waals surface area contributed by atoms with Crippen molar-refractivity contribution in [1.82, 2.24) is 15.0 Å². The number of amides is 2. The van der Waals surface area contributed by atoms with Gasteiger partial charge in [-0.15, -0.1) is 5.10 Å². The van der Waals surface area contributed by atoms with Crippen LogP contribution in [0.15, 0.2) is 42.5 Å². The largest absolute Gasteiger partial charge is 0.324 e. The predicted octanol–water partition coefficient (Wildman–Crippen LogP) is 3.75. The lowest BCUT2D eigenvalue weighted by Crippen LogP contribution is -2.21. The summed E-state index contributed by atoms with van der Waals surface area (Å²) >= 11 is 6.16. The molecule has 0 bridgehead atoms. The number of para-hydroxylation sites is 1. The average Bonchev–Trinajstić information content (AvgIpc) is 3.00. The number of aromatic nitrogens is 3. The number of hydrogen-bond acceptors (Lipinski definition) is 4. The molecule has 7 nitrogen and oxygen atoms in total. The summed E-state index contributed by atoms with van der Waals surface area (Å²) in [6.07, 6.45) is 0. The Kier molecular flexibility index (Phi) is 5.75. The highest BCUT2D eigenvalue weighted by atomic mass is 35.5. The Balaban J connectivity index is 1.70. The number of halogens is 1. The molecule has 0 spiro atoms. The Labute approximate surface area is 167 Å². The third kappa shape index (κ3) is 4.37. The van der Waals surface area contributed by atoms with E-state index in [1.807, 2.05) is 44.2 Å². The highest BCUT2D eigenvalue weighted by molar-refractivity contribution is 6.34. The molecule has 0 saturated carbocycles. The van der Waals surface area contributed by atoms with Crippen molar-refractivity contribution in [3.8, 4) is 0 Å². The molecule has 3 aromatic rings. The summed E-state index contributed by atoms with van der Waals surface area (Å²) in [7, 11) is 0. The van der Waals surface area contributed by atoms with Gasteiger partial charge >= 0.3 is 0 Å². The second kappa shape index (κ2) is 8.22. The molecule has 1 heterocycles. The summed E-state index contributed by atoms with van der Waals surface area (Å²) in [5.41, 5.74) is 3.80. The van der Waals surface area contributed by atoms with Crippen molar-refractivity contribution < 1.29 is 9.59 Å². The second-order valence-electron chi connectivity index (χ2n) is 6.48. The number of hydrogen-bond donors (Lipinski definition) is 2. The van der Waals surface area contributed by atoms with Crippen LogP contribution in [-0.4, -0.2) is 26.8 Å². The minimum atomic E-state index is -0.436. The van der Waals surface area contributed by atoms with Crippen LogP contribution >= 0.6 is 11.6 Å². The maximum Gasteiger partial charge on any atom is 0.278 e. The van der Waals surface area contributed by atoms with E-state index >= 15 is 0 Å². The van der Waals surface area contributed by atoms with Crippen molar-refractivity contribution in [2.75, 3.05) is 10.6 Å². The SMILES string of the molecule is Cc1ccc(NC(=O)c2nnn(CC(=O)Nc3ccccc3C)c2C)c(Cl)c1. The highest BCUT2D eigenvalue weighted by Gasteiger charge is 2.19. The zero-order valence-electron chi connectivity index (χ0n) is 15.8. The second-order valence-corrected chi connectivity index (χ2v) is 6.89. The standard InChI is InChI=1S/C20H20ClN5O2/c1-12-8-9-17(15(21)10-12)23-20(28)19-14(3)26(25-24-19)11-18(27)22-16-7-5-4-6-13(16)2/h4-10H,11H2,1-3H3,(H,22,27)(H,23,28). The molecule has 1 aromatic heterocycles. The summed E-state index contributed by atoms with van der Waals surface area (Å²) < 4.78 is 1.39. The maximum atomic E-state index is 12.5. The fraction of sp³-hybridized carbons (Fsp3) is 0.200. The fourth-order valence-corrected chi connectivity index (χ4v) is 2.94. The van der Waals surface area contributed by atoms with Gasteiger partial charge in [0.15, 0.2) is 5.69 Å². The quantitative estimate of drug-likeness (QED) is 0.686. The molecule has 0 aliphatic heterocycles. The van der Waals surface area contributed by atoms with E-state index in [0.29, 0.717) is 16.4 Å². The van der Waals surface area contributed by atoms with Crippen molar-refractivity contribution in [2.45, 2.75) is 27.3 Å². The van der Waals surface area contributed by atoms with Crippen molar-refractivity contribution >= 4 is 34.8 Å². The molecule has 2 N–H and O–H groups in total. The van der Waals surface area contributed by atoms with E-state index < -0.39 is 5.91 Å². The summed E-state index contributed by atoms with van der Waals surface area (Å²) in [6, 6.07) is 12.8. The Morgan fingerprint density at radius 2 is 1.79 bits per heavy atom. The molecule has 2 amide bonds. The highest BCUT2D eigenvalue weighted by Crippen LogP contribution is 2.23. The fourth-order valence-electron chi connectivity index (χ4n) is 2.66. The van der Waals surface area contributed by atoms with Gasteiger partial charge in [-0.3, -0.25) is 9.59 Å². The topological polar surface area (TPSA) is 88.9 Å². The average molecular weight is 398 g/mol. The summed E-state index contributed by atoms with van der Waals surface area (Å²) in [5.74, 6) is -0.690. The van der Waals surface area contributed by atoms with Crippen molar-refractivity contribution in [2.24, 2.45) is 0 Å². The van der Waals surface area contributed by atoms with E-state index in [-0.39, 0.29) is 18.1 Å². The lowest BCUT2D eigenvalue weighted by Gasteiger charge is -2.09. The Hall–Kier alpha value is -3.19. The van der Waals surface area contributed by atoms with Crippen LogP contribution in [0, 0.1) is 20.8 Å². The van der Waals surface area contributed by atoms with Crippen LogP contribution in [0.3, 0.4) is 0 Å². The Morgan fingerprint density at radius 3 is 2.50 bits per heavy atom. The van der Waals surface area contributed by atoms with Crippen LogP contribution in [0.25, 0.3) is 0 Å². The number of benzene rings is 2. The van der Waals surface area contributed by atoms with Gasteiger partial charge in [0.05, 0.1) is 16.4 Å². The van der Waals surface area contributed by atoms with Crippen LogP contribution in [0.5, 0.6) is 0 Å². The first-order chi connectivity index (χ1) is 13.3. The van der Waals surface area contributed by atoms with E-state index in [9.17, 15) is 9.59 Å². The number of rotatable bonds is 5. The van der Waals surface area contributed by atoms with Gasteiger partial charge in [0, 0.05) is 5.69 Å². The molecular weight excluding hydrogens is 378 g/mol. The third-order valence-electron chi connectivity index (χ3n) is 4.28. The number of carbonyl (C=O) groups excluding carboxylic acids is 2. The predicted molar refractivity (Wildman–Crippen MR) is 109 cm³/mol. The first-order valence-corrected chi connectivity index (χ1v) is 9.06. The molecule has 2 aromatic carbocycles. The Bertz CT molecular complexity index is 1040. The van der Waals surface area contributed by atoms with Crippen LogP contribution < -0.4 is 10.6 Å². The molecule has 0 fully saturated rings. The number of nitrogens with one attached hydrogen (secondary N) is 2. The maximum absolute atomic E-state index is 12.5. The number of nitrogens with zero attached hydrogens (tertiary/aromatic N) is 3. The smallest absolute Gasteiger partial charge is 0.278 e. The molecule has 0 radical (unpaired) electrons. The molecule has 8 heteroatoms. The van der Waals surface area contributed by atoms with Crippen molar-refractivity contribution in [1.29, 1.82) is 0 Å². The molecule has 0 aliphatic rings. The van der Waals surface area contributed by atoms with Gasteiger partial charge in [-0.25, -0.2) is 4.68 Å².